The molecule has 2 aromatic heterocycles. The van der Waals surface area contributed by atoms with Crippen molar-refractivity contribution in [2.24, 2.45) is 0 Å². The van der Waals surface area contributed by atoms with E-state index in [0.29, 0.717) is 12.1 Å². The van der Waals surface area contributed by atoms with Crippen LogP contribution in [0.4, 0.5) is 0 Å². The molecule has 6 heteroatoms. The summed E-state index contributed by atoms with van der Waals surface area (Å²) in [6.45, 7) is 0.628. The average Bonchev–Trinajstić information content (AvgIpc) is 3.13. The Labute approximate surface area is 115 Å². The number of aryl methyl sites for hydroxylation is 1. The third-order valence-corrected chi connectivity index (χ3v) is 3.13. The Hall–Kier alpha value is -2.63. The Bertz CT molecular complexity index is 701. The van der Waals surface area contributed by atoms with Crippen molar-refractivity contribution >= 4 is 16.8 Å². The quantitative estimate of drug-likeness (QED) is 0.615. The van der Waals surface area contributed by atoms with Crippen LogP contribution in [-0.2, 0) is 6.42 Å². The molecule has 0 aliphatic heterocycles. The molecule has 3 N–H and O–H groups in total. The second-order valence-electron chi connectivity index (χ2n) is 4.57. The third-order valence-electron chi connectivity index (χ3n) is 3.13. The average molecular weight is 269 g/mol. The van der Waals surface area contributed by atoms with Crippen LogP contribution in [0.5, 0.6) is 0 Å². The molecule has 0 atom stereocenters. The number of imidazole rings is 1. The number of aromatic nitrogens is 4. The van der Waals surface area contributed by atoms with Gasteiger partial charge in [0.25, 0.3) is 5.91 Å². The highest BCUT2D eigenvalue weighted by molar-refractivity contribution is 5.97. The summed E-state index contributed by atoms with van der Waals surface area (Å²) in [4.78, 5) is 19.2. The first-order valence-corrected chi connectivity index (χ1v) is 6.52. The summed E-state index contributed by atoms with van der Waals surface area (Å²) in [6, 6.07) is 5.49. The van der Waals surface area contributed by atoms with Crippen molar-refractivity contribution in [2.75, 3.05) is 6.54 Å². The van der Waals surface area contributed by atoms with Gasteiger partial charge in [0.1, 0.15) is 5.82 Å². The van der Waals surface area contributed by atoms with Crippen LogP contribution in [-0.4, -0.2) is 32.6 Å². The number of hydrogen-bond donors (Lipinski definition) is 3. The Morgan fingerprint density at radius 2 is 2.30 bits per heavy atom. The second kappa shape index (κ2) is 5.56. The second-order valence-corrected chi connectivity index (χ2v) is 4.57. The number of rotatable bonds is 5. The van der Waals surface area contributed by atoms with Crippen LogP contribution in [0.15, 0.2) is 36.8 Å². The van der Waals surface area contributed by atoms with Crippen LogP contribution < -0.4 is 5.32 Å². The number of amides is 1. The van der Waals surface area contributed by atoms with Crippen LogP contribution >= 0.6 is 0 Å². The highest BCUT2D eigenvalue weighted by Gasteiger charge is 2.06. The van der Waals surface area contributed by atoms with E-state index in [1.54, 1.807) is 24.7 Å². The number of hydrogen-bond acceptors (Lipinski definition) is 3. The Balaban J connectivity index is 1.53. The largest absolute Gasteiger partial charge is 0.352 e. The molecule has 0 aliphatic rings. The minimum Gasteiger partial charge on any atom is -0.352 e. The third kappa shape index (κ3) is 2.69. The first-order chi connectivity index (χ1) is 9.83. The molecular weight excluding hydrogens is 254 g/mol. The van der Waals surface area contributed by atoms with E-state index in [9.17, 15) is 4.79 Å². The number of benzene rings is 1. The minimum atomic E-state index is -0.0625. The zero-order valence-electron chi connectivity index (χ0n) is 10.9. The van der Waals surface area contributed by atoms with Crippen LogP contribution in [0.3, 0.4) is 0 Å². The predicted octanol–water partition coefficient (Wildman–Crippen LogP) is 1.65. The Morgan fingerprint density at radius 3 is 3.15 bits per heavy atom. The maximum atomic E-state index is 12.0. The smallest absolute Gasteiger partial charge is 0.251 e. The number of aromatic amines is 2. The van der Waals surface area contributed by atoms with Crippen molar-refractivity contribution in [3.63, 3.8) is 0 Å². The standard InChI is InChI=1S/C14H15N5O/c20-14(17-5-1-2-13-15-6-7-16-13)10-3-4-12-11(8-10)9-18-19-12/h3-4,6-9H,1-2,5H2,(H,15,16)(H,17,20)(H,18,19). The maximum Gasteiger partial charge on any atom is 0.251 e. The van der Waals surface area contributed by atoms with E-state index in [-0.39, 0.29) is 5.91 Å². The van der Waals surface area contributed by atoms with E-state index in [1.165, 1.54) is 0 Å². The topological polar surface area (TPSA) is 86.5 Å². The molecule has 0 bridgehead atoms. The molecule has 2 heterocycles. The summed E-state index contributed by atoms with van der Waals surface area (Å²) in [6.07, 6.45) is 6.92. The van der Waals surface area contributed by atoms with Crippen molar-refractivity contribution in [1.29, 1.82) is 0 Å². The lowest BCUT2D eigenvalue weighted by Gasteiger charge is -2.04. The molecule has 0 unspecified atom stereocenters. The van der Waals surface area contributed by atoms with Gasteiger partial charge in [0.2, 0.25) is 0 Å². The van der Waals surface area contributed by atoms with Crippen molar-refractivity contribution in [1.82, 2.24) is 25.5 Å². The van der Waals surface area contributed by atoms with Gasteiger partial charge >= 0.3 is 0 Å². The van der Waals surface area contributed by atoms with E-state index < -0.39 is 0 Å². The molecule has 0 saturated carbocycles. The highest BCUT2D eigenvalue weighted by atomic mass is 16.1. The van der Waals surface area contributed by atoms with Gasteiger partial charge < -0.3 is 10.3 Å². The molecule has 1 aromatic carbocycles. The molecule has 3 aromatic rings. The zero-order valence-corrected chi connectivity index (χ0v) is 10.9. The zero-order chi connectivity index (χ0) is 13.8. The summed E-state index contributed by atoms with van der Waals surface area (Å²) < 4.78 is 0. The number of nitrogens with one attached hydrogen (secondary N) is 3. The van der Waals surface area contributed by atoms with Crippen LogP contribution in [0, 0.1) is 0 Å². The fraction of sp³-hybridized carbons (Fsp3) is 0.214. The van der Waals surface area contributed by atoms with Crippen molar-refractivity contribution in [3.8, 4) is 0 Å². The van der Waals surface area contributed by atoms with E-state index in [2.05, 4.69) is 25.5 Å². The summed E-state index contributed by atoms with van der Waals surface area (Å²) >= 11 is 0. The first kappa shape index (κ1) is 12.4. The maximum absolute atomic E-state index is 12.0. The van der Waals surface area contributed by atoms with E-state index in [0.717, 1.165) is 29.6 Å². The normalized spacial score (nSPS) is 10.8. The van der Waals surface area contributed by atoms with Crippen LogP contribution in [0.25, 0.3) is 10.9 Å². The SMILES string of the molecule is O=C(NCCCc1ncc[nH]1)c1ccc2[nH]ncc2c1. The molecule has 0 fully saturated rings. The van der Waals surface area contributed by atoms with Gasteiger partial charge in [0.15, 0.2) is 0 Å². The molecule has 0 radical (unpaired) electrons. The number of carbonyl (C=O) groups excluding carboxylic acids is 1. The summed E-state index contributed by atoms with van der Waals surface area (Å²) in [5, 5.41) is 10.6. The predicted molar refractivity (Wildman–Crippen MR) is 75.3 cm³/mol. The Kier molecular flexibility index (Phi) is 3.45. The minimum absolute atomic E-state index is 0.0625. The van der Waals surface area contributed by atoms with Crippen molar-refractivity contribution < 1.29 is 4.79 Å². The van der Waals surface area contributed by atoms with E-state index >= 15 is 0 Å². The van der Waals surface area contributed by atoms with Gasteiger partial charge in [-0.15, -0.1) is 0 Å². The molecule has 6 nitrogen and oxygen atoms in total. The number of fused-ring (bicyclic) bond motifs is 1. The van der Waals surface area contributed by atoms with E-state index in [4.69, 9.17) is 0 Å². The number of carbonyl (C=O) groups is 1. The lowest BCUT2D eigenvalue weighted by Crippen LogP contribution is -2.24. The molecule has 0 aliphatic carbocycles. The molecule has 3 rings (SSSR count). The molecule has 20 heavy (non-hydrogen) atoms. The van der Waals surface area contributed by atoms with Gasteiger partial charge in [0, 0.05) is 36.3 Å². The Morgan fingerprint density at radius 1 is 1.35 bits per heavy atom. The summed E-state index contributed by atoms with van der Waals surface area (Å²) in [5.74, 6) is 0.881. The van der Waals surface area contributed by atoms with Crippen LogP contribution in [0.2, 0.25) is 0 Å². The van der Waals surface area contributed by atoms with Crippen molar-refractivity contribution in [2.45, 2.75) is 12.8 Å². The lowest BCUT2D eigenvalue weighted by molar-refractivity contribution is 0.0953. The highest BCUT2D eigenvalue weighted by Crippen LogP contribution is 2.12. The molecule has 102 valence electrons. The van der Waals surface area contributed by atoms with Gasteiger partial charge in [-0.05, 0) is 24.6 Å². The van der Waals surface area contributed by atoms with Crippen molar-refractivity contribution in [3.05, 3.63) is 48.2 Å². The number of H-pyrrole nitrogens is 2. The fourth-order valence-electron chi connectivity index (χ4n) is 2.08. The van der Waals surface area contributed by atoms with Gasteiger partial charge in [0.05, 0.1) is 11.7 Å². The van der Waals surface area contributed by atoms with Gasteiger partial charge in [-0.25, -0.2) is 4.98 Å². The van der Waals surface area contributed by atoms with Crippen LogP contribution in [0.1, 0.15) is 22.6 Å². The van der Waals surface area contributed by atoms with Gasteiger partial charge in [-0.3, -0.25) is 9.89 Å². The van der Waals surface area contributed by atoms with Gasteiger partial charge in [-0.1, -0.05) is 0 Å². The lowest BCUT2D eigenvalue weighted by atomic mass is 10.1. The monoisotopic (exact) mass is 269 g/mol. The molecular formula is C14H15N5O. The summed E-state index contributed by atoms with van der Waals surface area (Å²) in [5.41, 5.74) is 1.58. The van der Waals surface area contributed by atoms with E-state index in [1.807, 2.05) is 12.1 Å². The summed E-state index contributed by atoms with van der Waals surface area (Å²) in [7, 11) is 0. The first-order valence-electron chi connectivity index (χ1n) is 6.52. The number of nitrogens with zero attached hydrogens (tertiary/aromatic N) is 2. The molecule has 0 saturated heterocycles. The molecule has 1 amide bonds. The fourth-order valence-corrected chi connectivity index (χ4v) is 2.08. The molecule has 0 spiro atoms. The van der Waals surface area contributed by atoms with Gasteiger partial charge in [-0.2, -0.15) is 5.10 Å².